The molecule has 2 N–H and O–H groups in total. The van der Waals surface area contributed by atoms with Gasteiger partial charge in [0.15, 0.2) is 0 Å². The van der Waals surface area contributed by atoms with Crippen LogP contribution < -0.4 is 5.32 Å². The van der Waals surface area contributed by atoms with Crippen molar-refractivity contribution in [3.8, 4) is 12.3 Å². The minimum atomic E-state index is -0.818. The monoisotopic (exact) mass is 268 g/mol. The van der Waals surface area contributed by atoms with Crippen LogP contribution in [-0.2, 0) is 9.59 Å². The highest BCUT2D eigenvalue weighted by Crippen LogP contribution is 2.13. The lowest BCUT2D eigenvalue weighted by Gasteiger charge is -2.28. The summed E-state index contributed by atoms with van der Waals surface area (Å²) in [6.45, 7) is 4.69. The van der Waals surface area contributed by atoms with Crippen molar-refractivity contribution in [3.63, 3.8) is 0 Å². The number of nitrogens with one attached hydrogen (secondary N) is 1. The zero-order valence-electron chi connectivity index (χ0n) is 12.0. The smallest absolute Gasteiger partial charge is 0.303 e. The molecule has 0 fully saturated rings. The molecule has 0 radical (unpaired) electrons. The second-order valence-electron chi connectivity index (χ2n) is 4.72. The molecule has 0 atom stereocenters. The number of carbonyl (C=O) groups is 2. The number of hydrogen-bond donors (Lipinski definition) is 2. The van der Waals surface area contributed by atoms with E-state index in [1.807, 2.05) is 13.8 Å². The molecule has 108 valence electrons. The van der Waals surface area contributed by atoms with Crippen LogP contribution in [0.25, 0.3) is 0 Å². The van der Waals surface area contributed by atoms with Crippen LogP contribution in [-0.4, -0.2) is 47.6 Å². The lowest BCUT2D eigenvalue weighted by Crippen LogP contribution is -2.49. The summed E-state index contributed by atoms with van der Waals surface area (Å²) in [5.74, 6) is 1.71. The highest BCUT2D eigenvalue weighted by atomic mass is 16.4. The van der Waals surface area contributed by atoms with E-state index in [4.69, 9.17) is 11.5 Å². The van der Waals surface area contributed by atoms with E-state index in [0.717, 1.165) is 0 Å². The summed E-state index contributed by atoms with van der Waals surface area (Å²) >= 11 is 0. The Kier molecular flexibility index (Phi) is 7.85. The van der Waals surface area contributed by atoms with Gasteiger partial charge in [-0.3, -0.25) is 14.5 Å². The van der Waals surface area contributed by atoms with Gasteiger partial charge in [-0.1, -0.05) is 19.8 Å². The van der Waals surface area contributed by atoms with Crippen molar-refractivity contribution >= 4 is 11.9 Å². The summed E-state index contributed by atoms with van der Waals surface area (Å²) in [5, 5.41) is 11.4. The van der Waals surface area contributed by atoms with Crippen LogP contribution in [0.5, 0.6) is 0 Å². The number of carboxylic acids is 1. The molecule has 0 heterocycles. The van der Waals surface area contributed by atoms with Gasteiger partial charge in [-0.25, -0.2) is 0 Å². The molecule has 19 heavy (non-hydrogen) atoms. The van der Waals surface area contributed by atoms with Crippen molar-refractivity contribution < 1.29 is 14.7 Å². The maximum atomic E-state index is 11.9. The van der Waals surface area contributed by atoms with Gasteiger partial charge in [0, 0.05) is 6.42 Å². The Morgan fingerprint density at radius 1 is 1.37 bits per heavy atom. The zero-order valence-corrected chi connectivity index (χ0v) is 12.0. The van der Waals surface area contributed by atoms with Gasteiger partial charge in [-0.05, 0) is 32.9 Å². The molecule has 0 aromatic heterocycles. The topological polar surface area (TPSA) is 69.6 Å². The number of amides is 1. The fraction of sp³-hybridized carbons (Fsp3) is 0.714. The minimum Gasteiger partial charge on any atom is -0.481 e. The SMILES string of the molecule is C#CC(CC)(CC)NC(=O)CN(C)CCCC(=O)O. The fourth-order valence-corrected chi connectivity index (χ4v) is 1.80. The van der Waals surface area contributed by atoms with Gasteiger partial charge in [0.05, 0.1) is 6.54 Å². The van der Waals surface area contributed by atoms with E-state index in [0.29, 0.717) is 25.8 Å². The van der Waals surface area contributed by atoms with Crippen molar-refractivity contribution in [3.05, 3.63) is 0 Å². The van der Waals surface area contributed by atoms with Gasteiger partial charge in [0.1, 0.15) is 5.54 Å². The quantitative estimate of drug-likeness (QED) is 0.614. The first-order valence-electron chi connectivity index (χ1n) is 6.58. The van der Waals surface area contributed by atoms with Crippen LogP contribution in [0.4, 0.5) is 0 Å². The Hall–Kier alpha value is -1.54. The lowest BCUT2D eigenvalue weighted by molar-refractivity contribution is -0.137. The summed E-state index contributed by atoms with van der Waals surface area (Å²) in [6, 6.07) is 0. The van der Waals surface area contributed by atoms with E-state index in [9.17, 15) is 9.59 Å². The Labute approximate surface area is 115 Å². The van der Waals surface area contributed by atoms with Gasteiger partial charge >= 0.3 is 5.97 Å². The lowest BCUT2D eigenvalue weighted by atomic mass is 9.94. The molecular formula is C14H24N2O3. The molecule has 0 rings (SSSR count). The number of hydrogen-bond acceptors (Lipinski definition) is 3. The molecule has 0 bridgehead atoms. The molecule has 0 aliphatic carbocycles. The molecule has 0 unspecified atom stereocenters. The van der Waals surface area contributed by atoms with Crippen molar-refractivity contribution in [2.24, 2.45) is 0 Å². The van der Waals surface area contributed by atoms with Gasteiger partial charge < -0.3 is 10.4 Å². The molecule has 0 saturated carbocycles. The maximum Gasteiger partial charge on any atom is 0.303 e. The molecule has 0 aliphatic heterocycles. The second kappa shape index (κ2) is 8.54. The van der Waals surface area contributed by atoms with E-state index in [-0.39, 0.29) is 18.9 Å². The summed E-state index contributed by atoms with van der Waals surface area (Å²) < 4.78 is 0. The van der Waals surface area contributed by atoms with Crippen molar-refractivity contribution in [1.29, 1.82) is 0 Å². The average molecular weight is 268 g/mol. The van der Waals surface area contributed by atoms with E-state index in [1.165, 1.54) is 0 Å². The van der Waals surface area contributed by atoms with Gasteiger partial charge in [-0.15, -0.1) is 6.42 Å². The predicted molar refractivity (Wildman–Crippen MR) is 74.7 cm³/mol. The first-order valence-corrected chi connectivity index (χ1v) is 6.58. The summed E-state index contributed by atoms with van der Waals surface area (Å²) in [4.78, 5) is 24.1. The maximum absolute atomic E-state index is 11.9. The predicted octanol–water partition coefficient (Wildman–Crippen LogP) is 1.09. The second-order valence-corrected chi connectivity index (χ2v) is 4.72. The van der Waals surface area contributed by atoms with Crippen LogP contribution in [0, 0.1) is 12.3 Å². The molecular weight excluding hydrogens is 244 g/mol. The Morgan fingerprint density at radius 3 is 2.37 bits per heavy atom. The standard InChI is InChI=1S/C14H24N2O3/c1-5-14(6-2,7-3)15-12(17)11-16(4)10-8-9-13(18)19/h1H,6-11H2,2-4H3,(H,15,17)(H,18,19). The summed E-state index contributed by atoms with van der Waals surface area (Å²) in [7, 11) is 1.79. The Balaban J connectivity index is 4.16. The first kappa shape index (κ1) is 17.5. The van der Waals surface area contributed by atoms with Crippen molar-refractivity contribution in [2.45, 2.75) is 45.1 Å². The van der Waals surface area contributed by atoms with Crippen LogP contribution >= 0.6 is 0 Å². The molecule has 0 aromatic rings. The third-order valence-corrected chi connectivity index (χ3v) is 3.21. The number of carboxylic acid groups (broad SMARTS) is 1. The Bertz CT molecular complexity index is 343. The highest BCUT2D eigenvalue weighted by molar-refractivity contribution is 5.79. The number of nitrogens with zero attached hydrogens (tertiary/aromatic N) is 1. The van der Waals surface area contributed by atoms with Gasteiger partial charge in [0.25, 0.3) is 0 Å². The largest absolute Gasteiger partial charge is 0.481 e. The molecule has 0 aromatic carbocycles. The number of aliphatic carboxylic acids is 1. The van der Waals surface area contributed by atoms with Crippen LogP contribution in [0.3, 0.4) is 0 Å². The number of carbonyl (C=O) groups excluding carboxylic acids is 1. The van der Waals surface area contributed by atoms with Crippen molar-refractivity contribution in [2.75, 3.05) is 20.1 Å². The van der Waals surface area contributed by atoms with Crippen molar-refractivity contribution in [1.82, 2.24) is 10.2 Å². The molecule has 0 saturated heterocycles. The van der Waals surface area contributed by atoms with Gasteiger partial charge in [-0.2, -0.15) is 0 Å². The third kappa shape index (κ3) is 6.82. The van der Waals surface area contributed by atoms with E-state index < -0.39 is 11.5 Å². The number of rotatable bonds is 9. The normalized spacial score (nSPS) is 11.1. The Morgan fingerprint density at radius 2 is 1.95 bits per heavy atom. The third-order valence-electron chi connectivity index (χ3n) is 3.21. The number of terminal acetylenes is 1. The average Bonchev–Trinajstić information content (AvgIpc) is 2.35. The fourth-order valence-electron chi connectivity index (χ4n) is 1.80. The van der Waals surface area contributed by atoms with Crippen LogP contribution in [0.1, 0.15) is 39.5 Å². The number of likely N-dealkylation sites (N-methyl/N-ethyl adjacent to an activating group) is 1. The molecule has 0 aliphatic rings. The molecule has 1 amide bonds. The first-order chi connectivity index (χ1) is 8.89. The highest BCUT2D eigenvalue weighted by Gasteiger charge is 2.25. The molecule has 5 nitrogen and oxygen atoms in total. The van der Waals surface area contributed by atoms with E-state index in [2.05, 4.69) is 11.2 Å². The molecule has 0 spiro atoms. The summed E-state index contributed by atoms with van der Waals surface area (Å²) in [6.07, 6.45) is 7.50. The van der Waals surface area contributed by atoms with E-state index >= 15 is 0 Å². The van der Waals surface area contributed by atoms with Crippen LogP contribution in [0.2, 0.25) is 0 Å². The zero-order chi connectivity index (χ0) is 14.9. The minimum absolute atomic E-state index is 0.115. The van der Waals surface area contributed by atoms with Gasteiger partial charge in [0.2, 0.25) is 5.91 Å². The van der Waals surface area contributed by atoms with Crippen LogP contribution in [0.15, 0.2) is 0 Å². The summed E-state index contributed by atoms with van der Waals surface area (Å²) in [5.41, 5.74) is -0.570. The molecule has 5 heteroatoms. The van der Waals surface area contributed by atoms with E-state index in [1.54, 1.807) is 11.9 Å².